The van der Waals surface area contributed by atoms with E-state index in [1.54, 1.807) is 149 Å². The van der Waals surface area contributed by atoms with Gasteiger partial charge in [-0.15, -0.1) is 11.8 Å². The number of carbonyl (C=O) groups excluding carboxylic acids is 15. The zero-order valence-electron chi connectivity index (χ0n) is 76.1. The fourth-order valence-corrected chi connectivity index (χ4v) is 17.8. The number of phenolic OH excluding ortho intramolecular Hbond substituents is 2. The van der Waals surface area contributed by atoms with Gasteiger partial charge in [-0.25, -0.2) is 0 Å². The molecule has 3 saturated heterocycles. The van der Waals surface area contributed by atoms with Crippen LogP contribution in [0.15, 0.2) is 170 Å². The second-order valence-electron chi connectivity index (χ2n) is 34.9. The molecular weight excluding hydrogens is 1730 g/mol. The standard InChI is InChI=1S/C97H122N16O19S/c1-9-10-32-78-96(131)113-44-23-34-77(113)91(126)105-72(52-83(118)119)89(124)108-84(58(4)5)97(132)110(7)79(49-60-26-16-12-17-27-60)92(127)106-74(48-63-37-41-66(115)42-38-63)94(129)112-43-22-33-76(112)90(125)104-71(51-64-53-99-68-31-21-20-30-67(64)68)88(123)103-70(46-62-35-39-65(114)40-36-62)87(122)102-69(45-57(2)3)86(121)107-75(85(120)100-54-81(98)116)55-133-56-82(117)101-73(47-59-24-14-11-15-25-59)93(128)111(8)80(95(130)109(78)6)50-61-28-18-13-19-29-61/h11-21,24-31,35-42,53,57-58,69-80,84,99,114-115H,9-10,22-23,32-34,43-52,54-56H2,1-8H3,(H2,98,116)(H,100,120)(H,101,117)(H,102,122)(H,103,123)(H,104,125)(H,105,126)(H,106,127)(H,107,121)(H,108,124)(H,118,119)/t69-,70+,71-,72-,73?,74-,75-,76-,77-,78-,79-,80-,84-/m0/s1. The first-order valence-electron chi connectivity index (χ1n) is 45.0. The zero-order valence-corrected chi connectivity index (χ0v) is 76.9. The van der Waals surface area contributed by atoms with Crippen LogP contribution in [-0.4, -0.2) is 270 Å². The molecule has 0 bridgehead atoms. The number of thioether (sulfide) groups is 1. The van der Waals surface area contributed by atoms with E-state index in [0.717, 1.165) is 16.7 Å². The number of benzene rings is 6. The van der Waals surface area contributed by atoms with E-state index in [9.17, 15) is 44.1 Å². The molecule has 15 N–H and O–H groups in total. The van der Waals surface area contributed by atoms with Crippen molar-refractivity contribution < 1.29 is 92.0 Å². The summed E-state index contributed by atoms with van der Waals surface area (Å²) in [6.07, 6.45) is 0.840. The summed E-state index contributed by atoms with van der Waals surface area (Å²) in [4.78, 5) is 248. The van der Waals surface area contributed by atoms with Crippen molar-refractivity contribution in [2.24, 2.45) is 17.6 Å². The number of hydrogen-bond donors (Lipinski definition) is 14. The Bertz CT molecular complexity index is 5260. The van der Waals surface area contributed by atoms with Gasteiger partial charge in [-0.2, -0.15) is 0 Å². The third-order valence-electron chi connectivity index (χ3n) is 24.2. The minimum Gasteiger partial charge on any atom is -0.508 e. The van der Waals surface area contributed by atoms with E-state index in [2.05, 4.69) is 52.8 Å². The lowest BCUT2D eigenvalue weighted by Crippen LogP contribution is -2.62. The maximum absolute atomic E-state index is 15.8. The molecule has 0 spiro atoms. The summed E-state index contributed by atoms with van der Waals surface area (Å²) >= 11 is 0.840. The summed E-state index contributed by atoms with van der Waals surface area (Å²) < 4.78 is 0. The van der Waals surface area contributed by atoms with Crippen molar-refractivity contribution >= 4 is 117 Å². The Balaban J connectivity index is 1.05. The number of rotatable bonds is 23. The number of para-hydroxylation sites is 1. The fraction of sp³-hybridized carbons (Fsp3) is 0.443. The number of carboxylic acid groups (broad SMARTS) is 1. The highest BCUT2D eigenvalue weighted by molar-refractivity contribution is 8.00. The fourth-order valence-electron chi connectivity index (χ4n) is 16.9. The van der Waals surface area contributed by atoms with Gasteiger partial charge in [0.1, 0.15) is 90.0 Å². The van der Waals surface area contributed by atoms with Crippen LogP contribution in [-0.2, 0) is 115 Å². The van der Waals surface area contributed by atoms with Crippen molar-refractivity contribution in [2.75, 3.05) is 52.3 Å². The molecule has 3 aliphatic rings. The molecule has 36 heteroatoms. The van der Waals surface area contributed by atoms with Crippen LogP contribution in [0.25, 0.3) is 10.9 Å². The highest BCUT2D eigenvalue weighted by atomic mass is 32.2. The Morgan fingerprint density at radius 3 is 1.46 bits per heavy atom. The highest BCUT2D eigenvalue weighted by Crippen LogP contribution is 2.29. The molecule has 7 aromatic rings. The lowest BCUT2D eigenvalue weighted by molar-refractivity contribution is -0.152. The number of likely N-dealkylation sites (N-methyl/N-ethyl adjacent to an activating group) is 3. The van der Waals surface area contributed by atoms with E-state index in [0.29, 0.717) is 57.1 Å². The molecule has 0 aliphatic carbocycles. The molecule has 1 aromatic heterocycles. The van der Waals surface area contributed by atoms with Gasteiger partial charge >= 0.3 is 5.97 Å². The molecule has 3 fully saturated rings. The molecule has 35 nitrogen and oxygen atoms in total. The Labute approximate surface area is 776 Å². The number of H-pyrrole nitrogens is 1. The van der Waals surface area contributed by atoms with Crippen LogP contribution < -0.4 is 53.6 Å². The van der Waals surface area contributed by atoms with Crippen LogP contribution >= 0.6 is 11.8 Å². The van der Waals surface area contributed by atoms with Crippen molar-refractivity contribution in [1.29, 1.82) is 0 Å². The second-order valence-corrected chi connectivity index (χ2v) is 36.0. The number of aromatic amines is 1. The van der Waals surface area contributed by atoms with Gasteiger partial charge in [0.05, 0.1) is 18.7 Å². The lowest BCUT2D eigenvalue weighted by atomic mass is 9.98. The third-order valence-corrected chi connectivity index (χ3v) is 25.2. The molecular formula is C97H122N16O19S. The molecule has 0 radical (unpaired) electrons. The maximum Gasteiger partial charge on any atom is 0.305 e. The first-order chi connectivity index (χ1) is 63.5. The quantitative estimate of drug-likeness (QED) is 0.0436. The van der Waals surface area contributed by atoms with E-state index < -0.39 is 198 Å². The number of nitrogens with one attached hydrogen (secondary N) is 10. The van der Waals surface area contributed by atoms with Gasteiger partial charge in [-0.05, 0) is 114 Å². The molecule has 10 rings (SSSR count). The molecule has 15 amide bonds. The highest BCUT2D eigenvalue weighted by Gasteiger charge is 2.46. The normalized spacial score (nSPS) is 23.5. The number of nitrogens with zero attached hydrogens (tertiary/aromatic N) is 5. The predicted molar refractivity (Wildman–Crippen MR) is 496 cm³/mol. The van der Waals surface area contributed by atoms with Crippen LogP contribution in [0.3, 0.4) is 0 Å². The predicted octanol–water partition coefficient (Wildman–Crippen LogP) is 3.39. The number of aromatic nitrogens is 1. The van der Waals surface area contributed by atoms with Crippen molar-refractivity contribution in [3.05, 3.63) is 203 Å². The smallest absolute Gasteiger partial charge is 0.305 e. The van der Waals surface area contributed by atoms with Gasteiger partial charge < -0.3 is 98.4 Å². The van der Waals surface area contributed by atoms with Gasteiger partial charge in [-0.1, -0.05) is 181 Å². The Kier molecular flexibility index (Phi) is 37.0. The number of primary amides is 1. The number of amides is 15. The maximum atomic E-state index is 15.8. The summed E-state index contributed by atoms with van der Waals surface area (Å²) in [6.45, 7) is 7.81. The summed E-state index contributed by atoms with van der Waals surface area (Å²) in [5.41, 5.74) is 9.25. The summed E-state index contributed by atoms with van der Waals surface area (Å²) in [5, 5.41) is 56.6. The Morgan fingerprint density at radius 2 is 0.917 bits per heavy atom. The molecule has 13 atom stereocenters. The average Bonchev–Trinajstić information content (AvgIpc) is 1.53. The van der Waals surface area contributed by atoms with Crippen LogP contribution in [0, 0.1) is 11.8 Å². The Hall–Kier alpha value is -13.7. The van der Waals surface area contributed by atoms with Crippen LogP contribution in [0.2, 0.25) is 0 Å². The van der Waals surface area contributed by atoms with Gasteiger partial charge in [0.25, 0.3) is 0 Å². The number of carboxylic acids is 1. The Morgan fingerprint density at radius 1 is 0.466 bits per heavy atom. The third kappa shape index (κ3) is 28.4. The monoisotopic (exact) mass is 1850 g/mol. The van der Waals surface area contributed by atoms with Gasteiger partial charge in [-0.3, -0.25) is 76.7 Å². The first-order valence-corrected chi connectivity index (χ1v) is 46.1. The molecule has 0 saturated carbocycles. The van der Waals surface area contributed by atoms with Crippen molar-refractivity contribution in [3.63, 3.8) is 0 Å². The number of nitrogens with two attached hydrogens (primary N) is 1. The number of aliphatic carboxylic acids is 1. The van der Waals surface area contributed by atoms with E-state index in [-0.39, 0.29) is 113 Å². The number of aromatic hydroxyl groups is 2. The van der Waals surface area contributed by atoms with Gasteiger partial charge in [0.2, 0.25) is 88.6 Å². The summed E-state index contributed by atoms with van der Waals surface area (Å²) in [5.74, 6) is -16.8. The number of phenols is 2. The van der Waals surface area contributed by atoms with Crippen LogP contribution in [0.4, 0.5) is 0 Å². The number of hydrogen-bond acceptors (Lipinski definition) is 19. The van der Waals surface area contributed by atoms with E-state index in [1.165, 1.54) is 89.3 Å². The molecule has 1 unspecified atom stereocenters. The molecule has 133 heavy (non-hydrogen) atoms. The average molecular weight is 1850 g/mol. The zero-order chi connectivity index (χ0) is 96.3. The van der Waals surface area contributed by atoms with Crippen LogP contribution in [0.1, 0.15) is 126 Å². The van der Waals surface area contributed by atoms with Crippen molar-refractivity contribution in [1.82, 2.24) is 77.3 Å². The number of fused-ring (bicyclic) bond motifs is 3. The van der Waals surface area contributed by atoms with E-state index >= 15 is 47.9 Å². The largest absolute Gasteiger partial charge is 0.508 e. The molecule has 3 aliphatic heterocycles. The molecule has 6 aromatic carbocycles. The molecule has 4 heterocycles. The summed E-state index contributed by atoms with van der Waals surface area (Å²) in [7, 11) is 4.11. The second kappa shape index (κ2) is 48.5. The van der Waals surface area contributed by atoms with Gasteiger partial charge in [0.15, 0.2) is 0 Å². The minimum absolute atomic E-state index is 0.0194. The number of carbonyl (C=O) groups is 16. The van der Waals surface area contributed by atoms with Crippen molar-refractivity contribution in [2.45, 2.75) is 209 Å². The van der Waals surface area contributed by atoms with E-state index in [4.69, 9.17) is 5.73 Å². The van der Waals surface area contributed by atoms with E-state index in [1.807, 2.05) is 6.92 Å². The first kappa shape index (κ1) is 101. The minimum atomic E-state index is -1.89. The lowest BCUT2D eigenvalue weighted by Gasteiger charge is -2.38. The van der Waals surface area contributed by atoms with Gasteiger partial charge in [0, 0.05) is 95.6 Å². The molecule has 710 valence electrons. The summed E-state index contributed by atoms with van der Waals surface area (Å²) in [6, 6.07) is 25.2. The van der Waals surface area contributed by atoms with Crippen molar-refractivity contribution in [3.8, 4) is 11.5 Å². The SMILES string of the molecule is CCCC[C@H]1C(=O)N2CCC[C@H]2C(=O)N[C@@H](CC(=O)O)C(=O)N[C@@H](C(C)C)C(=O)N(C)[C@@H](Cc2ccccc2)C(=O)N[C@@H](Cc2ccc(O)cc2)C(=O)N2CCC[C@H]2C(=O)N[C@@H](Cc2c[nH]c3ccccc23)C(=O)N[C@H](Cc2ccc(O)cc2)C(=O)N[C@@H](CC(C)C)C(=O)N[C@H](C(=O)NCC(N)=O)CSCC(=O)NC(Cc2ccccc2)C(=O)N(C)[C@@H](Cc2ccccc2)C(=O)N1C. The van der Waals surface area contributed by atoms with Crippen LogP contribution in [0.5, 0.6) is 11.5 Å². The topological polar surface area (TPSA) is 500 Å². The number of unbranched alkanes of at least 4 members (excludes halogenated alkanes) is 1.